The number of carbonyl (C=O) groups is 2. The van der Waals surface area contributed by atoms with Gasteiger partial charge in [-0.1, -0.05) is 25.3 Å². The topological polar surface area (TPSA) is 74.6 Å². The van der Waals surface area contributed by atoms with E-state index in [4.69, 9.17) is 0 Å². The molecule has 3 saturated carbocycles. The van der Waals surface area contributed by atoms with Crippen LogP contribution < -0.4 is 0 Å². The molecule has 27 heavy (non-hydrogen) atoms. The van der Waals surface area contributed by atoms with Gasteiger partial charge >= 0.3 is 5.97 Å². The quantitative estimate of drug-likeness (QED) is 0.701. The Hall–Kier alpha value is -1.16. The van der Waals surface area contributed by atoms with Crippen molar-refractivity contribution in [3.05, 3.63) is 11.6 Å². The lowest BCUT2D eigenvalue weighted by Crippen LogP contribution is -2.54. The lowest BCUT2D eigenvalue weighted by Gasteiger charge is -2.59. The molecule has 0 bridgehead atoms. The summed E-state index contributed by atoms with van der Waals surface area (Å²) < 4.78 is 0. The van der Waals surface area contributed by atoms with Gasteiger partial charge in [0.1, 0.15) is 0 Å². The maximum Gasteiger partial charge on any atom is 0.307 e. The van der Waals surface area contributed by atoms with Crippen LogP contribution in [0, 0.1) is 34.5 Å². The third-order valence-electron chi connectivity index (χ3n) is 8.94. The van der Waals surface area contributed by atoms with Gasteiger partial charge in [0.25, 0.3) is 0 Å². The summed E-state index contributed by atoms with van der Waals surface area (Å²) >= 11 is 0. The van der Waals surface area contributed by atoms with Gasteiger partial charge in [0.15, 0.2) is 5.78 Å². The zero-order valence-corrected chi connectivity index (χ0v) is 16.6. The molecule has 150 valence electrons. The molecule has 0 saturated heterocycles. The van der Waals surface area contributed by atoms with E-state index in [0.29, 0.717) is 30.1 Å². The Labute approximate surface area is 162 Å². The van der Waals surface area contributed by atoms with Gasteiger partial charge in [-0.05, 0) is 86.0 Å². The van der Waals surface area contributed by atoms with E-state index in [1.165, 1.54) is 19.3 Å². The lowest BCUT2D eigenvalue weighted by atomic mass is 9.44. The second-order valence-electron chi connectivity index (χ2n) is 9.97. The van der Waals surface area contributed by atoms with Crippen molar-refractivity contribution >= 4 is 11.8 Å². The first-order valence-electron chi connectivity index (χ1n) is 11.0. The van der Waals surface area contributed by atoms with Crippen molar-refractivity contribution in [2.24, 2.45) is 34.5 Å². The summed E-state index contributed by atoms with van der Waals surface area (Å²) in [4.78, 5) is 24.3. The van der Waals surface area contributed by atoms with Crippen molar-refractivity contribution in [3.8, 4) is 0 Å². The predicted octanol–water partition coefficient (Wildman–Crippen LogP) is 4.36. The zero-order valence-electron chi connectivity index (χ0n) is 16.6. The van der Waals surface area contributed by atoms with Gasteiger partial charge in [0.05, 0.1) is 5.92 Å². The number of allylic oxidation sites excluding steroid dienone is 1. The first-order chi connectivity index (χ1) is 12.9. The molecule has 0 aromatic heterocycles. The molecule has 0 aromatic carbocycles. The number of ketones is 1. The van der Waals surface area contributed by atoms with Gasteiger partial charge in [0, 0.05) is 13.0 Å². The number of unbranched alkanes of at least 4 members (excludes halogenated alkanes) is 1. The molecule has 0 unspecified atom stereocenters. The third-order valence-corrected chi connectivity index (χ3v) is 8.94. The summed E-state index contributed by atoms with van der Waals surface area (Å²) in [6.45, 7) is 2.57. The van der Waals surface area contributed by atoms with E-state index in [2.05, 4.69) is 6.92 Å². The number of aliphatic hydroxyl groups is 1. The average molecular weight is 375 g/mol. The van der Waals surface area contributed by atoms with Crippen molar-refractivity contribution in [2.75, 3.05) is 6.61 Å². The number of carbonyl (C=O) groups excluding carboxylic acids is 1. The molecular formula is C23H34O4. The van der Waals surface area contributed by atoms with Crippen molar-refractivity contribution < 1.29 is 19.8 Å². The smallest absolute Gasteiger partial charge is 0.307 e. The minimum absolute atomic E-state index is 0.0182. The molecule has 0 spiro atoms. The van der Waals surface area contributed by atoms with Gasteiger partial charge < -0.3 is 10.2 Å². The summed E-state index contributed by atoms with van der Waals surface area (Å²) in [7, 11) is 0. The summed E-state index contributed by atoms with van der Waals surface area (Å²) in [6, 6.07) is 0. The van der Waals surface area contributed by atoms with Crippen LogP contribution in [0.25, 0.3) is 0 Å². The van der Waals surface area contributed by atoms with Crippen LogP contribution in [0.15, 0.2) is 11.6 Å². The molecule has 0 amide bonds. The minimum atomic E-state index is -0.663. The van der Waals surface area contributed by atoms with Gasteiger partial charge in [0.2, 0.25) is 0 Å². The molecule has 6 atom stereocenters. The molecule has 2 N–H and O–H groups in total. The molecule has 4 heteroatoms. The van der Waals surface area contributed by atoms with E-state index in [1.54, 1.807) is 6.08 Å². The molecular weight excluding hydrogens is 340 g/mol. The summed E-state index contributed by atoms with van der Waals surface area (Å²) in [5, 5.41) is 19.3. The number of carboxylic acids is 1. The Balaban J connectivity index is 1.69. The fourth-order valence-electron chi connectivity index (χ4n) is 7.64. The maximum atomic E-state index is 12.3. The van der Waals surface area contributed by atoms with E-state index in [0.717, 1.165) is 44.1 Å². The Morgan fingerprint density at radius 3 is 2.74 bits per heavy atom. The van der Waals surface area contributed by atoms with Gasteiger partial charge in [-0.25, -0.2) is 0 Å². The minimum Gasteiger partial charge on any atom is -0.481 e. The van der Waals surface area contributed by atoms with E-state index in [-0.39, 0.29) is 29.6 Å². The highest BCUT2D eigenvalue weighted by Gasteiger charge is 2.61. The van der Waals surface area contributed by atoms with Crippen LogP contribution in [0.5, 0.6) is 0 Å². The van der Waals surface area contributed by atoms with Gasteiger partial charge in [-0.15, -0.1) is 0 Å². The fourth-order valence-corrected chi connectivity index (χ4v) is 7.64. The van der Waals surface area contributed by atoms with Crippen LogP contribution in [0.2, 0.25) is 0 Å². The number of aliphatic hydroxyl groups excluding tert-OH is 1. The second-order valence-corrected chi connectivity index (χ2v) is 9.97. The first-order valence-corrected chi connectivity index (χ1v) is 11.0. The average Bonchev–Trinajstić information content (AvgIpc) is 3.06. The first kappa shape index (κ1) is 19.2. The van der Waals surface area contributed by atoms with Crippen molar-refractivity contribution in [3.63, 3.8) is 0 Å². The highest BCUT2D eigenvalue weighted by Crippen LogP contribution is 2.67. The van der Waals surface area contributed by atoms with E-state index < -0.39 is 5.97 Å². The van der Waals surface area contributed by atoms with Crippen LogP contribution in [0.1, 0.15) is 77.6 Å². The normalized spacial score (nSPS) is 43.5. The summed E-state index contributed by atoms with van der Waals surface area (Å²) in [5.74, 6) is 0.348. The Kier molecular flexibility index (Phi) is 4.99. The molecule has 4 aliphatic rings. The highest BCUT2D eigenvalue weighted by atomic mass is 16.4. The van der Waals surface area contributed by atoms with E-state index in [1.807, 2.05) is 0 Å². The third kappa shape index (κ3) is 2.99. The Morgan fingerprint density at radius 2 is 2.00 bits per heavy atom. The predicted molar refractivity (Wildman–Crippen MR) is 103 cm³/mol. The van der Waals surface area contributed by atoms with Crippen LogP contribution in [-0.4, -0.2) is 28.6 Å². The highest BCUT2D eigenvalue weighted by molar-refractivity contribution is 5.92. The van der Waals surface area contributed by atoms with Gasteiger partial charge in [-0.3, -0.25) is 9.59 Å². The fraction of sp³-hybridized carbons (Fsp3) is 0.826. The number of aliphatic carboxylic acids is 1. The molecule has 0 heterocycles. The van der Waals surface area contributed by atoms with E-state index in [9.17, 15) is 19.8 Å². The number of rotatable bonds is 5. The summed E-state index contributed by atoms with van der Waals surface area (Å²) in [6.07, 6.45) is 12.9. The van der Waals surface area contributed by atoms with Crippen molar-refractivity contribution in [1.82, 2.24) is 0 Å². The monoisotopic (exact) mass is 374 g/mol. The van der Waals surface area contributed by atoms with Crippen molar-refractivity contribution in [1.29, 1.82) is 0 Å². The number of hydrogen-bond donors (Lipinski definition) is 2. The Morgan fingerprint density at radius 1 is 1.19 bits per heavy atom. The van der Waals surface area contributed by atoms with Crippen LogP contribution >= 0.6 is 0 Å². The molecule has 4 nitrogen and oxygen atoms in total. The zero-order chi connectivity index (χ0) is 19.2. The number of hydrogen-bond acceptors (Lipinski definition) is 3. The standard InChI is InChI=1S/C23H34O4/c1-22-10-6-16(25)13-15(22)14-17(21(26)27)20-18(22)7-11-23(8-2-3-12-24)9-4-5-19(20)23/h13,17-20,24H,2-12,14H2,1H3,(H,26,27)/t17-,18+,19+,20-,22+,23+/m1/s1. The number of fused-ring (bicyclic) bond motifs is 5. The van der Waals surface area contributed by atoms with Crippen LogP contribution in [-0.2, 0) is 9.59 Å². The molecule has 4 aliphatic carbocycles. The van der Waals surface area contributed by atoms with Gasteiger partial charge in [-0.2, -0.15) is 0 Å². The Bertz CT molecular complexity index is 653. The van der Waals surface area contributed by atoms with E-state index >= 15 is 0 Å². The molecule has 0 aromatic rings. The second kappa shape index (κ2) is 7.02. The molecule has 0 radical (unpaired) electrons. The van der Waals surface area contributed by atoms with Crippen molar-refractivity contribution in [2.45, 2.75) is 77.6 Å². The maximum absolute atomic E-state index is 12.3. The molecule has 3 fully saturated rings. The summed E-state index contributed by atoms with van der Waals surface area (Å²) in [5.41, 5.74) is 1.44. The number of carboxylic acid groups (broad SMARTS) is 1. The van der Waals surface area contributed by atoms with Crippen LogP contribution in [0.3, 0.4) is 0 Å². The van der Waals surface area contributed by atoms with Crippen LogP contribution in [0.4, 0.5) is 0 Å². The molecule has 4 rings (SSSR count). The largest absolute Gasteiger partial charge is 0.481 e. The molecule has 0 aliphatic heterocycles. The lowest BCUT2D eigenvalue weighted by molar-refractivity contribution is -0.155. The SMILES string of the molecule is C[C@]12CCC(=O)C=C1C[C@@H](C(=O)O)[C@H]1[C@@H]3CCC[C@@]3(CCCCO)CC[C@@H]12.